The highest BCUT2D eigenvalue weighted by molar-refractivity contribution is 6.10. The number of fused-ring (bicyclic) bond motifs is 9. The van der Waals surface area contributed by atoms with Gasteiger partial charge in [-0.25, -0.2) is 9.97 Å². The van der Waals surface area contributed by atoms with Gasteiger partial charge in [0.15, 0.2) is 5.82 Å². The van der Waals surface area contributed by atoms with E-state index in [0.29, 0.717) is 5.82 Å². The van der Waals surface area contributed by atoms with Crippen LogP contribution in [0.25, 0.3) is 111 Å². The molecule has 0 N–H and O–H groups in total. The normalized spacial score (nSPS) is 12.9. The van der Waals surface area contributed by atoms with Gasteiger partial charge in [-0.05, 0) is 88.0 Å². The molecule has 306 valence electrons. The van der Waals surface area contributed by atoms with Crippen LogP contribution in [0.15, 0.2) is 218 Å². The molecule has 0 spiro atoms. The number of rotatable bonds is 6. The Morgan fingerprint density at radius 1 is 0.323 bits per heavy atom. The lowest BCUT2D eigenvalue weighted by Crippen LogP contribution is -2.14. The fourth-order valence-electron chi connectivity index (χ4n) is 10.6. The Balaban J connectivity index is 0.973. The van der Waals surface area contributed by atoms with Crippen LogP contribution < -0.4 is 0 Å². The SMILES string of the molecule is CC1(C)c2ccccc2-c2ccc(-c3cc(-c4ccccc4)nc(-c4ccc(-c5cc(-n6c7ccccc7c7ccccc76)cc(-n6c7ccccc7c7ccccc76)c5)cc4)n3)cc21. The van der Waals surface area contributed by atoms with Crippen molar-refractivity contribution < 1.29 is 0 Å². The fraction of sp³-hybridized carbons (Fsp3) is 0.0492. The molecule has 4 heteroatoms. The van der Waals surface area contributed by atoms with E-state index in [9.17, 15) is 0 Å². The van der Waals surface area contributed by atoms with Crippen LogP contribution in [-0.4, -0.2) is 19.1 Å². The van der Waals surface area contributed by atoms with E-state index in [2.05, 4.69) is 235 Å². The highest BCUT2D eigenvalue weighted by Crippen LogP contribution is 2.49. The molecule has 0 radical (unpaired) electrons. The summed E-state index contributed by atoms with van der Waals surface area (Å²) in [5.74, 6) is 0.695. The van der Waals surface area contributed by atoms with Crippen molar-refractivity contribution in [1.29, 1.82) is 0 Å². The van der Waals surface area contributed by atoms with Gasteiger partial charge in [-0.2, -0.15) is 0 Å². The van der Waals surface area contributed by atoms with Gasteiger partial charge in [-0.3, -0.25) is 0 Å². The zero-order valence-electron chi connectivity index (χ0n) is 36.1. The first-order valence-electron chi connectivity index (χ1n) is 22.4. The molecule has 65 heavy (non-hydrogen) atoms. The molecule has 3 heterocycles. The van der Waals surface area contributed by atoms with Gasteiger partial charge in [0.05, 0.1) is 33.5 Å². The molecule has 0 unspecified atom stereocenters. The molecule has 0 aliphatic heterocycles. The Morgan fingerprint density at radius 3 is 1.34 bits per heavy atom. The highest BCUT2D eigenvalue weighted by atomic mass is 15.0. The van der Waals surface area contributed by atoms with Crippen molar-refractivity contribution in [2.75, 3.05) is 0 Å². The number of nitrogens with zero attached hydrogens (tertiary/aromatic N) is 4. The first kappa shape index (κ1) is 37.2. The molecule has 9 aromatic carbocycles. The quantitative estimate of drug-likeness (QED) is 0.167. The maximum absolute atomic E-state index is 5.32. The largest absolute Gasteiger partial charge is 0.309 e. The van der Waals surface area contributed by atoms with Crippen molar-refractivity contribution in [3.8, 4) is 67.5 Å². The number of benzene rings is 9. The van der Waals surface area contributed by atoms with Gasteiger partial charge in [-0.15, -0.1) is 0 Å². The van der Waals surface area contributed by atoms with E-state index in [0.717, 1.165) is 50.6 Å². The number of aromatic nitrogens is 4. The second-order valence-corrected chi connectivity index (χ2v) is 17.8. The summed E-state index contributed by atoms with van der Waals surface area (Å²) in [6, 6.07) is 79.0. The minimum Gasteiger partial charge on any atom is -0.309 e. The van der Waals surface area contributed by atoms with Gasteiger partial charge in [0.2, 0.25) is 0 Å². The smallest absolute Gasteiger partial charge is 0.160 e. The molecule has 3 aromatic heterocycles. The minimum absolute atomic E-state index is 0.115. The second-order valence-electron chi connectivity index (χ2n) is 17.8. The van der Waals surface area contributed by atoms with E-state index in [-0.39, 0.29) is 5.41 Å². The van der Waals surface area contributed by atoms with E-state index in [1.54, 1.807) is 0 Å². The van der Waals surface area contributed by atoms with Crippen LogP contribution in [0.2, 0.25) is 0 Å². The zero-order valence-corrected chi connectivity index (χ0v) is 36.1. The summed E-state index contributed by atoms with van der Waals surface area (Å²) in [4.78, 5) is 10.5. The molecule has 0 saturated heterocycles. The molecule has 0 bridgehead atoms. The summed E-state index contributed by atoms with van der Waals surface area (Å²) in [6.07, 6.45) is 0. The minimum atomic E-state index is -0.115. The number of hydrogen-bond acceptors (Lipinski definition) is 2. The Hall–Kier alpha value is -8.34. The maximum atomic E-state index is 5.32. The molecule has 1 aliphatic rings. The molecule has 0 fully saturated rings. The molecule has 12 aromatic rings. The molecule has 0 saturated carbocycles. The van der Waals surface area contributed by atoms with Crippen molar-refractivity contribution in [3.63, 3.8) is 0 Å². The lowest BCUT2D eigenvalue weighted by atomic mass is 9.82. The summed E-state index contributed by atoms with van der Waals surface area (Å²) < 4.78 is 4.84. The predicted octanol–water partition coefficient (Wildman–Crippen LogP) is 15.6. The molecular weight excluding hydrogens is 789 g/mol. The standard InChI is InChI=1S/C61H42N4/c1-61(2)52-23-11-6-18-46(52)47-33-32-42(36-53(47)61)55-38-54(40-16-4-3-5-17-40)62-60(63-55)41-30-28-39(29-31-41)43-34-44(64-56-24-12-7-19-48(56)49-20-8-13-25-57(49)64)37-45(35-43)65-58-26-14-9-21-50(58)51-22-10-15-27-59(51)65/h3-38H,1-2H3. The Kier molecular flexibility index (Phi) is 8.22. The monoisotopic (exact) mass is 830 g/mol. The van der Waals surface area contributed by atoms with Crippen LogP contribution >= 0.6 is 0 Å². The third-order valence-electron chi connectivity index (χ3n) is 13.7. The van der Waals surface area contributed by atoms with Gasteiger partial charge >= 0.3 is 0 Å². The zero-order chi connectivity index (χ0) is 43.2. The predicted molar refractivity (Wildman–Crippen MR) is 270 cm³/mol. The van der Waals surface area contributed by atoms with Gasteiger partial charge in [0.25, 0.3) is 0 Å². The van der Waals surface area contributed by atoms with Crippen molar-refractivity contribution in [2.45, 2.75) is 19.3 Å². The van der Waals surface area contributed by atoms with Gasteiger partial charge in [0, 0.05) is 55.0 Å². The first-order valence-corrected chi connectivity index (χ1v) is 22.4. The molecule has 13 rings (SSSR count). The molecule has 0 amide bonds. The van der Waals surface area contributed by atoms with E-state index >= 15 is 0 Å². The van der Waals surface area contributed by atoms with Gasteiger partial charge < -0.3 is 9.13 Å². The summed E-state index contributed by atoms with van der Waals surface area (Å²) in [7, 11) is 0. The van der Waals surface area contributed by atoms with E-state index < -0.39 is 0 Å². The summed E-state index contributed by atoms with van der Waals surface area (Å²) in [5.41, 5.74) is 19.2. The Bertz CT molecular complexity index is 3610. The van der Waals surface area contributed by atoms with Crippen LogP contribution in [0.3, 0.4) is 0 Å². The van der Waals surface area contributed by atoms with Crippen LogP contribution in [0.4, 0.5) is 0 Å². The fourth-order valence-corrected chi connectivity index (χ4v) is 10.6. The topological polar surface area (TPSA) is 35.6 Å². The third-order valence-corrected chi connectivity index (χ3v) is 13.7. The third kappa shape index (κ3) is 5.84. The lowest BCUT2D eigenvalue weighted by Gasteiger charge is -2.22. The lowest BCUT2D eigenvalue weighted by molar-refractivity contribution is 0.660. The van der Waals surface area contributed by atoms with E-state index in [4.69, 9.17) is 9.97 Å². The molecule has 1 aliphatic carbocycles. The van der Waals surface area contributed by atoms with Crippen molar-refractivity contribution in [1.82, 2.24) is 19.1 Å². The van der Waals surface area contributed by atoms with Crippen LogP contribution in [0, 0.1) is 0 Å². The average Bonchev–Trinajstić information content (AvgIpc) is 3.97. The van der Waals surface area contributed by atoms with Gasteiger partial charge in [-0.1, -0.05) is 178 Å². The average molecular weight is 831 g/mol. The Morgan fingerprint density at radius 2 is 0.769 bits per heavy atom. The second kappa shape index (κ2) is 14.3. The first-order chi connectivity index (χ1) is 32.0. The summed E-state index contributed by atoms with van der Waals surface area (Å²) in [6.45, 7) is 4.66. The van der Waals surface area contributed by atoms with Crippen LogP contribution in [0.5, 0.6) is 0 Å². The molecular formula is C61H42N4. The molecule has 0 atom stereocenters. The van der Waals surface area contributed by atoms with Crippen LogP contribution in [0.1, 0.15) is 25.0 Å². The molecule has 4 nitrogen and oxygen atoms in total. The van der Waals surface area contributed by atoms with Crippen molar-refractivity contribution in [3.05, 3.63) is 230 Å². The van der Waals surface area contributed by atoms with Crippen LogP contribution in [-0.2, 0) is 5.41 Å². The van der Waals surface area contributed by atoms with Crippen molar-refractivity contribution in [2.24, 2.45) is 0 Å². The van der Waals surface area contributed by atoms with Crippen molar-refractivity contribution >= 4 is 43.6 Å². The van der Waals surface area contributed by atoms with Gasteiger partial charge in [0.1, 0.15) is 0 Å². The summed E-state index contributed by atoms with van der Waals surface area (Å²) in [5, 5.41) is 4.95. The maximum Gasteiger partial charge on any atom is 0.160 e. The highest BCUT2D eigenvalue weighted by Gasteiger charge is 2.35. The Labute approximate surface area is 377 Å². The van der Waals surface area contributed by atoms with E-state index in [1.807, 2.05) is 6.07 Å². The number of hydrogen-bond donors (Lipinski definition) is 0. The summed E-state index contributed by atoms with van der Waals surface area (Å²) >= 11 is 0. The van der Waals surface area contributed by atoms with E-state index in [1.165, 1.54) is 65.9 Å². The number of para-hydroxylation sites is 4.